The molecular formula is C19H14FN7. The summed E-state index contributed by atoms with van der Waals surface area (Å²) < 4.78 is 18.5. The number of hydrogen-bond donors (Lipinski definition) is 0. The molecule has 5 rings (SSSR count). The lowest BCUT2D eigenvalue weighted by Crippen LogP contribution is -2.00. The van der Waals surface area contributed by atoms with Crippen LogP contribution in [0.1, 0.15) is 5.56 Å². The summed E-state index contributed by atoms with van der Waals surface area (Å²) in [6, 6.07) is 8.24. The van der Waals surface area contributed by atoms with Crippen LogP contribution in [0, 0.1) is 5.82 Å². The molecule has 0 fully saturated rings. The molecule has 0 N–H and O–H groups in total. The molecule has 0 unspecified atom stereocenters. The van der Waals surface area contributed by atoms with E-state index in [4.69, 9.17) is 0 Å². The zero-order valence-corrected chi connectivity index (χ0v) is 14.1. The number of aromatic nitrogens is 7. The van der Waals surface area contributed by atoms with Gasteiger partial charge in [0.2, 0.25) is 0 Å². The molecule has 0 spiro atoms. The van der Waals surface area contributed by atoms with Gasteiger partial charge in [-0.05, 0) is 23.8 Å². The lowest BCUT2D eigenvalue weighted by Gasteiger charge is -2.04. The molecule has 0 radical (unpaired) electrons. The van der Waals surface area contributed by atoms with E-state index in [1.807, 2.05) is 29.2 Å². The van der Waals surface area contributed by atoms with Gasteiger partial charge in [0.1, 0.15) is 11.6 Å². The Labute approximate surface area is 153 Å². The average Bonchev–Trinajstić information content (AvgIpc) is 3.41. The molecular weight excluding hydrogens is 345 g/mol. The summed E-state index contributed by atoms with van der Waals surface area (Å²) in [6.45, 7) is 0.558. The fourth-order valence-electron chi connectivity index (χ4n) is 3.04. The third-order valence-electron chi connectivity index (χ3n) is 4.32. The number of fused-ring (bicyclic) bond motifs is 1. The standard InChI is InChI=1S/C19H14FN7/c20-15-4-2-14(3-5-15)12-25-13-16(10-23-25)26-9-7-22-18(26)17-11-24-27-8-1-6-21-19(17)27/h1-11,13H,12H2. The molecule has 1 aromatic carbocycles. The molecule has 4 aromatic heterocycles. The number of imidazole rings is 1. The zero-order chi connectivity index (χ0) is 18.2. The van der Waals surface area contributed by atoms with Gasteiger partial charge < -0.3 is 0 Å². The van der Waals surface area contributed by atoms with Crippen LogP contribution in [-0.2, 0) is 6.54 Å². The summed E-state index contributed by atoms with van der Waals surface area (Å²) in [6.07, 6.45) is 12.6. The Hall–Kier alpha value is -3.81. The molecule has 5 aromatic rings. The van der Waals surface area contributed by atoms with Crippen LogP contribution in [0.25, 0.3) is 22.7 Å². The molecule has 0 aliphatic heterocycles. The van der Waals surface area contributed by atoms with Crippen LogP contribution in [0.15, 0.2) is 73.7 Å². The van der Waals surface area contributed by atoms with Crippen LogP contribution in [-0.4, -0.2) is 33.9 Å². The first-order chi connectivity index (χ1) is 13.3. The van der Waals surface area contributed by atoms with E-state index in [9.17, 15) is 4.39 Å². The van der Waals surface area contributed by atoms with E-state index in [0.717, 1.165) is 28.3 Å². The first-order valence-electron chi connectivity index (χ1n) is 8.37. The van der Waals surface area contributed by atoms with Crippen molar-refractivity contribution in [2.75, 3.05) is 0 Å². The molecule has 0 aliphatic rings. The highest BCUT2D eigenvalue weighted by Gasteiger charge is 2.15. The van der Waals surface area contributed by atoms with Crippen LogP contribution in [0.5, 0.6) is 0 Å². The van der Waals surface area contributed by atoms with Gasteiger partial charge in [-0.1, -0.05) is 12.1 Å². The number of rotatable bonds is 4. The lowest BCUT2D eigenvalue weighted by atomic mass is 10.2. The zero-order valence-electron chi connectivity index (χ0n) is 14.1. The van der Waals surface area contributed by atoms with Crippen molar-refractivity contribution < 1.29 is 4.39 Å². The smallest absolute Gasteiger partial charge is 0.165 e. The Kier molecular flexibility index (Phi) is 3.53. The molecule has 0 atom stereocenters. The average molecular weight is 359 g/mol. The minimum atomic E-state index is -0.245. The highest BCUT2D eigenvalue weighted by Crippen LogP contribution is 2.24. The van der Waals surface area contributed by atoms with Crippen LogP contribution >= 0.6 is 0 Å². The Bertz CT molecular complexity index is 1220. The molecule has 27 heavy (non-hydrogen) atoms. The fourth-order valence-corrected chi connectivity index (χ4v) is 3.04. The third-order valence-corrected chi connectivity index (χ3v) is 4.32. The van der Waals surface area contributed by atoms with E-state index in [1.54, 1.807) is 46.1 Å². The van der Waals surface area contributed by atoms with Gasteiger partial charge in [0.25, 0.3) is 0 Å². The Morgan fingerprint density at radius 1 is 0.926 bits per heavy atom. The fraction of sp³-hybridized carbons (Fsp3) is 0.0526. The van der Waals surface area contributed by atoms with Crippen LogP contribution in [0.2, 0.25) is 0 Å². The van der Waals surface area contributed by atoms with E-state index >= 15 is 0 Å². The van der Waals surface area contributed by atoms with Gasteiger partial charge in [0.15, 0.2) is 5.65 Å². The largest absolute Gasteiger partial charge is 0.296 e. The Morgan fingerprint density at radius 3 is 2.70 bits per heavy atom. The number of benzene rings is 1. The number of hydrogen-bond acceptors (Lipinski definition) is 4. The molecule has 0 saturated carbocycles. The minimum Gasteiger partial charge on any atom is -0.296 e. The highest BCUT2D eigenvalue weighted by atomic mass is 19.1. The maximum absolute atomic E-state index is 13.1. The molecule has 0 aliphatic carbocycles. The van der Waals surface area contributed by atoms with Crippen LogP contribution in [0.4, 0.5) is 4.39 Å². The molecule has 0 amide bonds. The first kappa shape index (κ1) is 15.4. The normalized spacial score (nSPS) is 11.3. The summed E-state index contributed by atoms with van der Waals surface area (Å²) in [5, 5.41) is 8.74. The SMILES string of the molecule is Fc1ccc(Cn2cc(-n3ccnc3-c3cnn4cccnc34)cn2)cc1. The maximum Gasteiger partial charge on any atom is 0.165 e. The number of halogens is 1. The first-order valence-corrected chi connectivity index (χ1v) is 8.37. The van der Waals surface area contributed by atoms with Crippen molar-refractivity contribution in [1.29, 1.82) is 0 Å². The summed E-state index contributed by atoms with van der Waals surface area (Å²) in [7, 11) is 0. The predicted molar refractivity (Wildman–Crippen MR) is 96.8 cm³/mol. The molecule has 7 nitrogen and oxygen atoms in total. The Balaban J connectivity index is 1.49. The van der Waals surface area contributed by atoms with Crippen molar-refractivity contribution in [3.05, 3.63) is 85.1 Å². The van der Waals surface area contributed by atoms with E-state index in [0.29, 0.717) is 6.54 Å². The molecule has 0 bridgehead atoms. The second-order valence-corrected chi connectivity index (χ2v) is 6.09. The van der Waals surface area contributed by atoms with Gasteiger partial charge in [-0.25, -0.2) is 18.9 Å². The summed E-state index contributed by atoms with van der Waals surface area (Å²) >= 11 is 0. The van der Waals surface area contributed by atoms with Gasteiger partial charge in [-0.3, -0.25) is 9.25 Å². The lowest BCUT2D eigenvalue weighted by molar-refractivity contribution is 0.624. The van der Waals surface area contributed by atoms with Crippen LogP contribution in [0.3, 0.4) is 0 Å². The van der Waals surface area contributed by atoms with Gasteiger partial charge >= 0.3 is 0 Å². The van der Waals surface area contributed by atoms with Gasteiger partial charge in [-0.15, -0.1) is 0 Å². The Morgan fingerprint density at radius 2 is 1.81 bits per heavy atom. The maximum atomic E-state index is 13.1. The van der Waals surface area contributed by atoms with E-state index in [1.165, 1.54) is 12.1 Å². The van der Waals surface area contributed by atoms with E-state index in [2.05, 4.69) is 20.2 Å². The summed E-state index contributed by atoms with van der Waals surface area (Å²) in [5.74, 6) is 0.495. The molecule has 4 heterocycles. The van der Waals surface area contributed by atoms with Crippen LogP contribution < -0.4 is 0 Å². The quantitative estimate of drug-likeness (QED) is 0.495. The molecule has 0 saturated heterocycles. The van der Waals surface area contributed by atoms with Gasteiger partial charge in [-0.2, -0.15) is 10.2 Å². The number of nitrogens with zero attached hydrogens (tertiary/aromatic N) is 7. The van der Waals surface area contributed by atoms with Gasteiger partial charge in [0, 0.05) is 31.0 Å². The van der Waals surface area contributed by atoms with Crippen molar-refractivity contribution >= 4 is 5.65 Å². The van der Waals surface area contributed by atoms with Crippen molar-refractivity contribution in [2.45, 2.75) is 6.54 Å². The second kappa shape index (κ2) is 6.17. The van der Waals surface area contributed by atoms with Crippen molar-refractivity contribution in [2.24, 2.45) is 0 Å². The minimum absolute atomic E-state index is 0.245. The summed E-state index contributed by atoms with van der Waals surface area (Å²) in [4.78, 5) is 8.87. The molecule has 8 heteroatoms. The summed E-state index contributed by atoms with van der Waals surface area (Å²) in [5.41, 5.74) is 3.43. The molecule has 132 valence electrons. The third kappa shape index (κ3) is 2.77. The topological polar surface area (TPSA) is 65.8 Å². The van der Waals surface area contributed by atoms with Gasteiger partial charge in [0.05, 0.1) is 30.2 Å². The van der Waals surface area contributed by atoms with E-state index < -0.39 is 0 Å². The second-order valence-electron chi connectivity index (χ2n) is 6.09. The monoisotopic (exact) mass is 359 g/mol. The van der Waals surface area contributed by atoms with Crippen molar-refractivity contribution in [1.82, 2.24) is 33.9 Å². The predicted octanol–water partition coefficient (Wildman–Crippen LogP) is 2.97. The van der Waals surface area contributed by atoms with E-state index in [-0.39, 0.29) is 5.82 Å². The van der Waals surface area contributed by atoms with Crippen molar-refractivity contribution in [3.63, 3.8) is 0 Å². The van der Waals surface area contributed by atoms with Crippen molar-refractivity contribution in [3.8, 4) is 17.1 Å². The highest BCUT2D eigenvalue weighted by molar-refractivity contribution is 5.73.